The molecule has 1 aliphatic heterocycles. The van der Waals surface area contributed by atoms with Crippen molar-refractivity contribution in [2.45, 2.75) is 53.0 Å². The lowest BCUT2D eigenvalue weighted by atomic mass is 9.99. The fourth-order valence-corrected chi connectivity index (χ4v) is 4.70. The van der Waals surface area contributed by atoms with Crippen LogP contribution in [0, 0.1) is 11.8 Å². The summed E-state index contributed by atoms with van der Waals surface area (Å²) in [5, 5.41) is 5.95. The van der Waals surface area contributed by atoms with E-state index in [1.54, 1.807) is 11.0 Å². The van der Waals surface area contributed by atoms with E-state index in [-0.39, 0.29) is 42.6 Å². The average molecular weight is 557 g/mol. The van der Waals surface area contributed by atoms with Gasteiger partial charge in [-0.2, -0.15) is 0 Å². The third kappa shape index (κ3) is 9.66. The molecule has 0 bridgehead atoms. The molecule has 2 aromatic carbocycles. The standard InChI is InChI=1S/C31H44N4O3.ClH/c1-22(2)19-32-30(37)26-13-10-12-25(17-26)28(21-35-15-8-9-16-35)34(5)29(36)18-24-11-6-7-14-27(24)31(38)33-20-23(3)4;/h6-7,10-14,17,22-23,28H,8-9,15-16,18-21H2,1-5H3,(H,32,37)(H,33,38);1H. The Morgan fingerprint density at radius 2 is 1.49 bits per heavy atom. The molecule has 8 heteroatoms. The van der Waals surface area contributed by atoms with Gasteiger partial charge in [-0.15, -0.1) is 12.4 Å². The maximum Gasteiger partial charge on any atom is 0.251 e. The Bertz CT molecular complexity index is 1100. The van der Waals surface area contributed by atoms with Gasteiger partial charge in [-0.1, -0.05) is 58.0 Å². The maximum atomic E-state index is 13.6. The van der Waals surface area contributed by atoms with Crippen LogP contribution >= 0.6 is 12.4 Å². The number of likely N-dealkylation sites (N-methyl/N-ethyl adjacent to an activating group) is 1. The summed E-state index contributed by atoms with van der Waals surface area (Å²) in [7, 11) is 1.83. The van der Waals surface area contributed by atoms with Crippen molar-refractivity contribution in [2.75, 3.05) is 39.8 Å². The highest BCUT2D eigenvalue weighted by molar-refractivity contribution is 5.97. The van der Waals surface area contributed by atoms with Gasteiger partial charge in [-0.3, -0.25) is 14.4 Å². The zero-order valence-corrected chi connectivity index (χ0v) is 24.9. The minimum Gasteiger partial charge on any atom is -0.352 e. The van der Waals surface area contributed by atoms with Gasteiger partial charge in [0.25, 0.3) is 11.8 Å². The van der Waals surface area contributed by atoms with Gasteiger partial charge in [0.2, 0.25) is 5.91 Å². The molecule has 39 heavy (non-hydrogen) atoms. The maximum absolute atomic E-state index is 13.6. The predicted molar refractivity (Wildman–Crippen MR) is 159 cm³/mol. The van der Waals surface area contributed by atoms with Crippen LogP contribution in [0.1, 0.15) is 78.4 Å². The third-order valence-corrected chi connectivity index (χ3v) is 6.97. The molecular formula is C31H45ClN4O3. The summed E-state index contributed by atoms with van der Waals surface area (Å²) in [6, 6.07) is 14.7. The highest BCUT2D eigenvalue weighted by Gasteiger charge is 2.27. The van der Waals surface area contributed by atoms with Crippen LogP contribution in [0.15, 0.2) is 48.5 Å². The lowest BCUT2D eigenvalue weighted by Crippen LogP contribution is -2.39. The van der Waals surface area contributed by atoms with Gasteiger partial charge in [0.05, 0.1) is 12.5 Å². The fraction of sp³-hybridized carbons (Fsp3) is 0.516. The number of hydrogen-bond donors (Lipinski definition) is 2. The number of nitrogens with zero attached hydrogens (tertiary/aromatic N) is 2. The summed E-state index contributed by atoms with van der Waals surface area (Å²) in [5.74, 6) is 0.389. The molecule has 1 aliphatic rings. The number of carbonyl (C=O) groups excluding carboxylic acids is 3. The van der Waals surface area contributed by atoms with E-state index >= 15 is 0 Å². The highest BCUT2D eigenvalue weighted by atomic mass is 35.5. The number of likely N-dealkylation sites (tertiary alicyclic amines) is 1. The molecule has 3 rings (SSSR count). The van der Waals surface area contributed by atoms with Crippen LogP contribution in [0.3, 0.4) is 0 Å². The lowest BCUT2D eigenvalue weighted by Gasteiger charge is -2.32. The Labute approximate surface area is 240 Å². The molecule has 0 spiro atoms. The Morgan fingerprint density at radius 3 is 2.13 bits per heavy atom. The van der Waals surface area contributed by atoms with Gasteiger partial charge in [0.1, 0.15) is 0 Å². The van der Waals surface area contributed by atoms with E-state index < -0.39 is 0 Å². The predicted octanol–water partition coefficient (Wildman–Crippen LogP) is 4.72. The average Bonchev–Trinajstić information content (AvgIpc) is 3.42. The van der Waals surface area contributed by atoms with E-state index in [0.29, 0.717) is 48.2 Å². The first-order valence-corrected chi connectivity index (χ1v) is 13.9. The molecular weight excluding hydrogens is 512 g/mol. The molecule has 1 unspecified atom stereocenters. The van der Waals surface area contributed by atoms with Gasteiger partial charge in [-0.25, -0.2) is 0 Å². The molecule has 1 fully saturated rings. The van der Waals surface area contributed by atoms with Crippen LogP contribution < -0.4 is 10.6 Å². The van der Waals surface area contributed by atoms with Crippen LogP contribution in [0.25, 0.3) is 0 Å². The van der Waals surface area contributed by atoms with E-state index in [1.165, 1.54) is 0 Å². The summed E-state index contributed by atoms with van der Waals surface area (Å²) >= 11 is 0. The molecule has 0 saturated carbocycles. The van der Waals surface area contributed by atoms with Crippen molar-refractivity contribution in [3.63, 3.8) is 0 Å². The zero-order chi connectivity index (χ0) is 27.7. The third-order valence-electron chi connectivity index (χ3n) is 6.97. The summed E-state index contributed by atoms with van der Waals surface area (Å²) in [5.41, 5.74) is 2.79. The molecule has 7 nitrogen and oxygen atoms in total. The zero-order valence-electron chi connectivity index (χ0n) is 24.0. The molecule has 3 amide bonds. The van der Waals surface area contributed by atoms with Crippen LogP contribution in [-0.2, 0) is 11.2 Å². The van der Waals surface area contributed by atoms with Gasteiger partial charge >= 0.3 is 0 Å². The van der Waals surface area contributed by atoms with Gasteiger partial charge in [0.15, 0.2) is 0 Å². The van der Waals surface area contributed by atoms with Crippen molar-refractivity contribution in [2.24, 2.45) is 11.8 Å². The number of benzene rings is 2. The van der Waals surface area contributed by atoms with Crippen LogP contribution in [0.2, 0.25) is 0 Å². The monoisotopic (exact) mass is 556 g/mol. The smallest absolute Gasteiger partial charge is 0.251 e. The lowest BCUT2D eigenvalue weighted by molar-refractivity contribution is -0.131. The van der Waals surface area contributed by atoms with Crippen molar-refractivity contribution in [1.82, 2.24) is 20.4 Å². The van der Waals surface area contributed by atoms with Crippen LogP contribution in [-0.4, -0.2) is 67.3 Å². The van der Waals surface area contributed by atoms with Gasteiger partial charge < -0.3 is 20.4 Å². The minimum absolute atomic E-state index is 0. The van der Waals surface area contributed by atoms with Crippen molar-refractivity contribution >= 4 is 30.1 Å². The Hall–Kier alpha value is -2.90. The summed E-state index contributed by atoms with van der Waals surface area (Å²) in [4.78, 5) is 43.4. The summed E-state index contributed by atoms with van der Waals surface area (Å²) in [6.45, 7) is 12.1. The second kappa shape index (κ2) is 15.6. The topological polar surface area (TPSA) is 81.8 Å². The number of rotatable bonds is 12. The first kappa shape index (κ1) is 32.3. The largest absolute Gasteiger partial charge is 0.352 e. The number of amides is 3. The minimum atomic E-state index is -0.208. The van der Waals surface area contributed by atoms with E-state index in [9.17, 15) is 14.4 Å². The summed E-state index contributed by atoms with van der Waals surface area (Å²) < 4.78 is 0. The highest BCUT2D eigenvalue weighted by Crippen LogP contribution is 2.25. The molecule has 1 heterocycles. The molecule has 1 saturated heterocycles. The second-order valence-electron chi connectivity index (χ2n) is 11.2. The van der Waals surface area contributed by atoms with Crippen molar-refractivity contribution in [3.05, 3.63) is 70.8 Å². The molecule has 214 valence electrons. The number of hydrogen-bond acceptors (Lipinski definition) is 4. The molecule has 0 aliphatic carbocycles. The van der Waals surface area contributed by atoms with Gasteiger partial charge in [-0.05, 0) is 67.1 Å². The Morgan fingerprint density at radius 1 is 0.872 bits per heavy atom. The van der Waals surface area contributed by atoms with Crippen molar-refractivity contribution < 1.29 is 14.4 Å². The van der Waals surface area contributed by atoms with E-state index in [0.717, 1.165) is 31.5 Å². The molecule has 0 aromatic heterocycles. The quantitative estimate of drug-likeness (QED) is 0.396. The van der Waals surface area contributed by atoms with E-state index in [4.69, 9.17) is 0 Å². The van der Waals surface area contributed by atoms with Crippen molar-refractivity contribution in [3.8, 4) is 0 Å². The molecule has 1 atom stereocenters. The van der Waals surface area contributed by atoms with Crippen LogP contribution in [0.5, 0.6) is 0 Å². The summed E-state index contributed by atoms with van der Waals surface area (Å²) in [6.07, 6.45) is 2.44. The Kier molecular flexibility index (Phi) is 13.0. The molecule has 0 radical (unpaired) electrons. The number of carbonyl (C=O) groups is 3. The number of halogens is 1. The normalized spacial score (nSPS) is 14.1. The van der Waals surface area contributed by atoms with Crippen LogP contribution in [0.4, 0.5) is 0 Å². The van der Waals surface area contributed by atoms with E-state index in [1.807, 2.05) is 63.4 Å². The Balaban J connectivity index is 0.00000533. The van der Waals surface area contributed by atoms with Gasteiger partial charge in [0, 0.05) is 37.8 Å². The first-order chi connectivity index (χ1) is 18.2. The molecule has 2 aromatic rings. The number of nitrogens with one attached hydrogen (secondary N) is 2. The van der Waals surface area contributed by atoms with Crippen molar-refractivity contribution in [1.29, 1.82) is 0 Å². The molecule has 2 N–H and O–H groups in total. The SMILES string of the molecule is CC(C)CNC(=O)c1cccc(C(CN2CCCC2)N(C)C(=O)Cc2ccccc2C(=O)NCC(C)C)c1.Cl. The second-order valence-corrected chi connectivity index (χ2v) is 11.2. The first-order valence-electron chi connectivity index (χ1n) is 13.9. The fourth-order valence-electron chi connectivity index (χ4n) is 4.70. The van der Waals surface area contributed by atoms with E-state index in [2.05, 4.69) is 29.4 Å².